The highest BCUT2D eigenvalue weighted by Crippen LogP contribution is 2.09. The fraction of sp³-hybridized carbons (Fsp3) is 0.562. The predicted molar refractivity (Wildman–Crippen MR) is 81.6 cm³/mol. The normalized spacial score (nSPS) is 12.5. The van der Waals surface area contributed by atoms with E-state index < -0.39 is 0 Å². The maximum absolute atomic E-state index is 11.9. The molecule has 0 aliphatic rings. The molecule has 19 heavy (non-hydrogen) atoms. The summed E-state index contributed by atoms with van der Waals surface area (Å²) in [6, 6.07) is 8.51. The molecule has 1 unspecified atom stereocenters. The number of rotatable bonds is 7. The lowest BCUT2D eigenvalue weighted by molar-refractivity contribution is -0.122. The first-order valence-electron chi connectivity index (χ1n) is 6.93. The number of aryl methyl sites for hydroxylation is 2. The summed E-state index contributed by atoms with van der Waals surface area (Å²) in [7, 11) is 0. The van der Waals surface area contributed by atoms with Crippen molar-refractivity contribution in [3.63, 3.8) is 0 Å². The van der Waals surface area contributed by atoms with Gasteiger partial charge in [-0.25, -0.2) is 0 Å². The van der Waals surface area contributed by atoms with Gasteiger partial charge in [-0.3, -0.25) is 4.79 Å². The van der Waals surface area contributed by atoms with Crippen molar-refractivity contribution < 1.29 is 4.79 Å². The number of benzene rings is 1. The van der Waals surface area contributed by atoms with Crippen LogP contribution in [0.1, 0.15) is 37.8 Å². The fourth-order valence-corrected chi connectivity index (χ4v) is 2.22. The quantitative estimate of drug-likeness (QED) is 0.759. The molecule has 0 heterocycles. The molecule has 1 atom stereocenters. The van der Waals surface area contributed by atoms with Crippen molar-refractivity contribution >= 4 is 17.5 Å². The zero-order chi connectivity index (χ0) is 14.3. The van der Waals surface area contributed by atoms with Gasteiger partial charge in [0.1, 0.15) is 0 Å². The highest BCUT2D eigenvalue weighted by atomic mass is 35.5. The standard InChI is InChI=1S/C16H24ClNO/c1-12(2)15(10-11-17)18-16(19)9-8-14-6-4-13(3)5-7-14/h4-7,12,15H,8-11H2,1-3H3,(H,18,19). The van der Waals surface area contributed by atoms with Crippen LogP contribution in [0.3, 0.4) is 0 Å². The topological polar surface area (TPSA) is 29.1 Å². The number of halogens is 1. The number of alkyl halides is 1. The van der Waals surface area contributed by atoms with E-state index in [2.05, 4.69) is 50.4 Å². The number of hydrogen-bond acceptors (Lipinski definition) is 1. The lowest BCUT2D eigenvalue weighted by atomic mass is 10.0. The second kappa shape index (κ2) is 8.21. The van der Waals surface area contributed by atoms with Crippen molar-refractivity contribution in [1.29, 1.82) is 0 Å². The summed E-state index contributed by atoms with van der Waals surface area (Å²) in [5.41, 5.74) is 2.45. The molecule has 0 spiro atoms. The Morgan fingerprint density at radius 2 is 1.89 bits per heavy atom. The second-order valence-electron chi connectivity index (χ2n) is 5.38. The summed E-state index contributed by atoms with van der Waals surface area (Å²) in [4.78, 5) is 11.9. The van der Waals surface area contributed by atoms with Gasteiger partial charge in [-0.1, -0.05) is 43.7 Å². The van der Waals surface area contributed by atoms with Crippen LogP contribution in [-0.2, 0) is 11.2 Å². The van der Waals surface area contributed by atoms with Crippen LogP contribution in [-0.4, -0.2) is 17.8 Å². The third kappa shape index (κ3) is 6.11. The molecule has 1 N–H and O–H groups in total. The molecule has 1 rings (SSSR count). The molecule has 0 radical (unpaired) electrons. The lowest BCUT2D eigenvalue weighted by Gasteiger charge is -2.21. The Kier molecular flexibility index (Phi) is 6.93. The van der Waals surface area contributed by atoms with Gasteiger partial charge in [0.2, 0.25) is 5.91 Å². The fourth-order valence-electron chi connectivity index (χ4n) is 1.98. The van der Waals surface area contributed by atoms with Crippen molar-refractivity contribution in [2.75, 3.05) is 5.88 Å². The molecule has 106 valence electrons. The predicted octanol–water partition coefficient (Wildman–Crippen LogP) is 3.70. The summed E-state index contributed by atoms with van der Waals surface area (Å²) in [5, 5.41) is 3.08. The SMILES string of the molecule is Cc1ccc(CCC(=O)NC(CCCl)C(C)C)cc1. The average molecular weight is 282 g/mol. The second-order valence-corrected chi connectivity index (χ2v) is 5.76. The van der Waals surface area contributed by atoms with Gasteiger partial charge in [0.05, 0.1) is 0 Å². The zero-order valence-corrected chi connectivity index (χ0v) is 12.8. The molecule has 1 aromatic carbocycles. The average Bonchev–Trinajstić information content (AvgIpc) is 2.37. The number of amides is 1. The van der Waals surface area contributed by atoms with Crippen LogP contribution in [0.25, 0.3) is 0 Å². The maximum Gasteiger partial charge on any atom is 0.220 e. The van der Waals surface area contributed by atoms with Crippen molar-refractivity contribution in [2.24, 2.45) is 5.92 Å². The van der Waals surface area contributed by atoms with Gasteiger partial charge in [0.15, 0.2) is 0 Å². The molecule has 0 saturated carbocycles. The third-order valence-corrected chi connectivity index (χ3v) is 3.55. The van der Waals surface area contributed by atoms with Crippen LogP contribution < -0.4 is 5.32 Å². The van der Waals surface area contributed by atoms with E-state index in [0.29, 0.717) is 18.2 Å². The van der Waals surface area contributed by atoms with Crippen LogP contribution >= 0.6 is 11.6 Å². The summed E-state index contributed by atoms with van der Waals surface area (Å²) < 4.78 is 0. The van der Waals surface area contributed by atoms with Gasteiger partial charge in [-0.15, -0.1) is 11.6 Å². The van der Waals surface area contributed by atoms with Gasteiger partial charge in [-0.2, -0.15) is 0 Å². The molecule has 0 aliphatic carbocycles. The van der Waals surface area contributed by atoms with Gasteiger partial charge in [0.25, 0.3) is 0 Å². The van der Waals surface area contributed by atoms with E-state index in [9.17, 15) is 4.79 Å². The molecule has 3 heteroatoms. The smallest absolute Gasteiger partial charge is 0.220 e. The Morgan fingerprint density at radius 3 is 2.42 bits per heavy atom. The van der Waals surface area contributed by atoms with Crippen LogP contribution in [0.15, 0.2) is 24.3 Å². The third-order valence-electron chi connectivity index (χ3n) is 3.33. The van der Waals surface area contributed by atoms with Crippen LogP contribution in [0.2, 0.25) is 0 Å². The lowest BCUT2D eigenvalue weighted by Crippen LogP contribution is -2.38. The summed E-state index contributed by atoms with van der Waals surface area (Å²) in [6.45, 7) is 6.28. The molecule has 0 aliphatic heterocycles. The molecular formula is C16H24ClNO. The summed E-state index contributed by atoms with van der Waals surface area (Å²) in [5.74, 6) is 1.12. The summed E-state index contributed by atoms with van der Waals surface area (Å²) >= 11 is 5.76. The first kappa shape index (κ1) is 16.0. The first-order chi connectivity index (χ1) is 9.02. The molecular weight excluding hydrogens is 258 g/mol. The Morgan fingerprint density at radius 1 is 1.26 bits per heavy atom. The highest BCUT2D eigenvalue weighted by Gasteiger charge is 2.15. The zero-order valence-electron chi connectivity index (χ0n) is 12.1. The molecule has 2 nitrogen and oxygen atoms in total. The minimum atomic E-state index is 0.115. The number of hydrogen-bond donors (Lipinski definition) is 1. The monoisotopic (exact) mass is 281 g/mol. The Bertz CT molecular complexity index is 386. The van der Waals surface area contributed by atoms with E-state index in [1.807, 2.05) is 0 Å². The van der Waals surface area contributed by atoms with Gasteiger partial charge >= 0.3 is 0 Å². The van der Waals surface area contributed by atoms with Crippen molar-refractivity contribution in [3.05, 3.63) is 35.4 Å². The van der Waals surface area contributed by atoms with Gasteiger partial charge < -0.3 is 5.32 Å². The van der Waals surface area contributed by atoms with Crippen molar-refractivity contribution in [3.8, 4) is 0 Å². The molecule has 0 bridgehead atoms. The van der Waals surface area contributed by atoms with E-state index in [1.165, 1.54) is 11.1 Å². The highest BCUT2D eigenvalue weighted by molar-refractivity contribution is 6.17. The first-order valence-corrected chi connectivity index (χ1v) is 7.47. The van der Waals surface area contributed by atoms with Crippen LogP contribution in [0.4, 0.5) is 0 Å². The Balaban J connectivity index is 2.40. The minimum Gasteiger partial charge on any atom is -0.353 e. The Hall–Kier alpha value is -1.02. The van der Waals surface area contributed by atoms with Crippen molar-refractivity contribution in [1.82, 2.24) is 5.32 Å². The molecule has 0 fully saturated rings. The molecule has 0 aromatic heterocycles. The summed E-state index contributed by atoms with van der Waals surface area (Å²) in [6.07, 6.45) is 2.15. The minimum absolute atomic E-state index is 0.115. The van der Waals surface area contributed by atoms with E-state index in [-0.39, 0.29) is 11.9 Å². The largest absolute Gasteiger partial charge is 0.353 e. The molecule has 1 aromatic rings. The van der Waals surface area contributed by atoms with Crippen molar-refractivity contribution in [2.45, 2.75) is 46.1 Å². The molecule has 1 amide bonds. The van der Waals surface area contributed by atoms with Crippen LogP contribution in [0.5, 0.6) is 0 Å². The van der Waals surface area contributed by atoms with Crippen LogP contribution in [0, 0.1) is 12.8 Å². The number of carbonyl (C=O) groups is 1. The number of carbonyl (C=O) groups excluding carboxylic acids is 1. The van der Waals surface area contributed by atoms with Gasteiger partial charge in [-0.05, 0) is 31.2 Å². The maximum atomic E-state index is 11.9. The van der Waals surface area contributed by atoms with E-state index in [4.69, 9.17) is 11.6 Å². The Labute approximate surface area is 121 Å². The van der Waals surface area contributed by atoms with E-state index in [1.54, 1.807) is 0 Å². The molecule has 0 saturated heterocycles. The van der Waals surface area contributed by atoms with Gasteiger partial charge in [0, 0.05) is 18.3 Å². The number of nitrogens with one attached hydrogen (secondary N) is 1. The van der Waals surface area contributed by atoms with E-state index >= 15 is 0 Å². The van der Waals surface area contributed by atoms with E-state index in [0.717, 1.165) is 12.8 Å².